The third kappa shape index (κ3) is 5.24. The summed E-state index contributed by atoms with van der Waals surface area (Å²) in [5, 5.41) is 4.76. The molecule has 2 heterocycles. The number of carbonyl (C=O) groups excluding carboxylic acids is 2. The minimum absolute atomic E-state index is 0.00373. The number of ether oxygens (including phenoxy) is 1. The zero-order valence-electron chi connectivity index (χ0n) is 17.1. The zero-order valence-corrected chi connectivity index (χ0v) is 17.9. The summed E-state index contributed by atoms with van der Waals surface area (Å²) in [5.74, 6) is 1.35. The maximum Gasteiger partial charge on any atom is 0.312 e. The standard InChI is InChI=1S/C24H25N3O3S/c25-24(29)26-20(16-23(28)27-13-5-11-21(27)22-12-6-14-31-22)17-7-4-10-19(15-17)30-18-8-2-1-3-9-18/h1-4,6-10,12,14-15,20-21H,5,11,13,16H2,(H3,25,26,29)/t20-,21+/m0/s1. The van der Waals surface area contributed by atoms with E-state index in [1.807, 2.05) is 70.9 Å². The molecule has 1 saturated heterocycles. The first-order valence-electron chi connectivity index (χ1n) is 10.3. The van der Waals surface area contributed by atoms with Gasteiger partial charge in [0, 0.05) is 11.4 Å². The van der Waals surface area contributed by atoms with Gasteiger partial charge in [0.15, 0.2) is 0 Å². The summed E-state index contributed by atoms with van der Waals surface area (Å²) in [7, 11) is 0. The van der Waals surface area contributed by atoms with Crippen LogP contribution in [0.25, 0.3) is 0 Å². The number of nitrogens with one attached hydrogen (secondary N) is 1. The Balaban J connectivity index is 1.51. The van der Waals surface area contributed by atoms with Gasteiger partial charge in [0.05, 0.1) is 18.5 Å². The molecule has 3 N–H and O–H groups in total. The van der Waals surface area contributed by atoms with Crippen LogP contribution in [0.3, 0.4) is 0 Å². The number of para-hydroxylation sites is 1. The lowest BCUT2D eigenvalue weighted by Gasteiger charge is -2.27. The van der Waals surface area contributed by atoms with E-state index in [2.05, 4.69) is 11.4 Å². The lowest BCUT2D eigenvalue weighted by molar-refractivity contribution is -0.132. The molecule has 1 aliphatic rings. The van der Waals surface area contributed by atoms with Gasteiger partial charge in [0.2, 0.25) is 5.91 Å². The predicted molar refractivity (Wildman–Crippen MR) is 121 cm³/mol. The summed E-state index contributed by atoms with van der Waals surface area (Å²) in [5.41, 5.74) is 6.19. The molecule has 1 aromatic heterocycles. The Morgan fingerprint density at radius 2 is 1.90 bits per heavy atom. The van der Waals surface area contributed by atoms with Crippen molar-refractivity contribution >= 4 is 23.3 Å². The number of carbonyl (C=O) groups is 2. The topological polar surface area (TPSA) is 84.7 Å². The van der Waals surface area contributed by atoms with E-state index in [1.54, 1.807) is 11.3 Å². The van der Waals surface area contributed by atoms with Crippen molar-refractivity contribution in [2.75, 3.05) is 6.54 Å². The van der Waals surface area contributed by atoms with Crippen LogP contribution in [0.1, 0.15) is 41.8 Å². The number of nitrogens with two attached hydrogens (primary N) is 1. The Morgan fingerprint density at radius 3 is 2.65 bits per heavy atom. The van der Waals surface area contributed by atoms with Gasteiger partial charge in [-0.05, 0) is 54.1 Å². The molecule has 0 unspecified atom stereocenters. The van der Waals surface area contributed by atoms with Crippen molar-refractivity contribution in [1.29, 1.82) is 0 Å². The van der Waals surface area contributed by atoms with E-state index in [4.69, 9.17) is 10.5 Å². The molecule has 0 radical (unpaired) electrons. The summed E-state index contributed by atoms with van der Waals surface area (Å²) in [6.07, 6.45) is 2.07. The number of benzene rings is 2. The molecule has 0 spiro atoms. The largest absolute Gasteiger partial charge is 0.457 e. The quantitative estimate of drug-likeness (QED) is 0.547. The van der Waals surface area contributed by atoms with E-state index in [1.165, 1.54) is 4.88 Å². The third-order valence-electron chi connectivity index (χ3n) is 5.38. The molecule has 0 aliphatic carbocycles. The van der Waals surface area contributed by atoms with E-state index in [9.17, 15) is 9.59 Å². The molecule has 1 fully saturated rings. The lowest BCUT2D eigenvalue weighted by Crippen LogP contribution is -2.38. The van der Waals surface area contributed by atoms with Crippen LogP contribution in [0.15, 0.2) is 72.1 Å². The second-order valence-electron chi connectivity index (χ2n) is 7.51. The highest BCUT2D eigenvalue weighted by Crippen LogP contribution is 2.36. The molecule has 2 aromatic carbocycles. The number of thiophene rings is 1. The van der Waals surface area contributed by atoms with E-state index in [0.29, 0.717) is 11.5 Å². The number of hydrogen-bond acceptors (Lipinski definition) is 4. The highest BCUT2D eigenvalue weighted by atomic mass is 32.1. The van der Waals surface area contributed by atoms with Gasteiger partial charge in [-0.2, -0.15) is 0 Å². The Morgan fingerprint density at radius 1 is 1.10 bits per heavy atom. The number of rotatable bonds is 7. The smallest absolute Gasteiger partial charge is 0.312 e. The molecule has 3 amide bonds. The molecule has 2 atom stereocenters. The van der Waals surface area contributed by atoms with Crippen molar-refractivity contribution in [1.82, 2.24) is 10.2 Å². The van der Waals surface area contributed by atoms with Crippen molar-refractivity contribution in [2.24, 2.45) is 5.73 Å². The van der Waals surface area contributed by atoms with Crippen LogP contribution in [0.4, 0.5) is 4.79 Å². The number of amides is 3. The van der Waals surface area contributed by atoms with E-state index >= 15 is 0 Å². The SMILES string of the molecule is NC(=O)N[C@@H](CC(=O)N1CCC[C@@H]1c1cccs1)c1cccc(Oc2ccccc2)c1. The van der Waals surface area contributed by atoms with Crippen LogP contribution in [-0.4, -0.2) is 23.4 Å². The van der Waals surface area contributed by atoms with Crippen molar-refractivity contribution < 1.29 is 14.3 Å². The Hall–Kier alpha value is -3.32. The molecule has 1 aliphatic heterocycles. The number of nitrogens with zero attached hydrogens (tertiary/aromatic N) is 1. The van der Waals surface area contributed by atoms with Gasteiger partial charge in [0.1, 0.15) is 11.5 Å². The second-order valence-corrected chi connectivity index (χ2v) is 8.49. The van der Waals surface area contributed by atoms with E-state index in [0.717, 1.165) is 24.9 Å². The zero-order chi connectivity index (χ0) is 21.6. The molecule has 31 heavy (non-hydrogen) atoms. The van der Waals surface area contributed by atoms with Crippen molar-refractivity contribution in [2.45, 2.75) is 31.3 Å². The van der Waals surface area contributed by atoms with E-state index < -0.39 is 12.1 Å². The second kappa shape index (κ2) is 9.66. The number of urea groups is 1. The van der Waals surface area contributed by atoms with Gasteiger partial charge in [-0.1, -0.05) is 36.4 Å². The first-order valence-corrected chi connectivity index (χ1v) is 11.2. The average molecular weight is 436 g/mol. The maximum atomic E-state index is 13.2. The third-order valence-corrected chi connectivity index (χ3v) is 6.35. The van der Waals surface area contributed by atoms with Gasteiger partial charge in [-0.25, -0.2) is 4.79 Å². The molecule has 7 heteroatoms. The number of primary amides is 1. The van der Waals surface area contributed by atoms with Gasteiger partial charge in [-0.15, -0.1) is 11.3 Å². The number of hydrogen-bond donors (Lipinski definition) is 2. The Kier molecular flexibility index (Phi) is 6.52. The molecule has 160 valence electrons. The van der Waals surface area contributed by atoms with Crippen LogP contribution in [-0.2, 0) is 4.79 Å². The first kappa shape index (κ1) is 20.9. The average Bonchev–Trinajstić information content (AvgIpc) is 3.45. The van der Waals surface area contributed by atoms with Gasteiger partial charge >= 0.3 is 6.03 Å². The summed E-state index contributed by atoms with van der Waals surface area (Å²) >= 11 is 1.67. The van der Waals surface area contributed by atoms with Crippen molar-refractivity contribution in [3.05, 3.63) is 82.6 Å². The predicted octanol–water partition coefficient (Wildman–Crippen LogP) is 5.00. The molecular weight excluding hydrogens is 410 g/mol. The van der Waals surface area contributed by atoms with Crippen molar-refractivity contribution in [3.8, 4) is 11.5 Å². The minimum atomic E-state index is -0.664. The maximum absolute atomic E-state index is 13.2. The summed E-state index contributed by atoms with van der Waals surface area (Å²) in [6.45, 7) is 0.724. The van der Waals surface area contributed by atoms with Crippen LogP contribution < -0.4 is 15.8 Å². The molecule has 6 nitrogen and oxygen atoms in total. The van der Waals surface area contributed by atoms with E-state index in [-0.39, 0.29) is 18.4 Å². The normalized spacial score (nSPS) is 16.6. The fraction of sp³-hybridized carbons (Fsp3) is 0.250. The Bertz CT molecular complexity index is 1020. The molecular formula is C24H25N3O3S. The minimum Gasteiger partial charge on any atom is -0.457 e. The first-order chi connectivity index (χ1) is 15.1. The van der Waals surface area contributed by atoms with Gasteiger partial charge < -0.3 is 20.7 Å². The van der Waals surface area contributed by atoms with Crippen LogP contribution in [0.5, 0.6) is 11.5 Å². The Labute approximate surface area is 185 Å². The van der Waals surface area contributed by atoms with Crippen LogP contribution >= 0.6 is 11.3 Å². The van der Waals surface area contributed by atoms with Gasteiger partial charge in [-0.3, -0.25) is 4.79 Å². The fourth-order valence-corrected chi connectivity index (χ4v) is 4.85. The number of likely N-dealkylation sites (tertiary alicyclic amines) is 1. The molecule has 3 aromatic rings. The summed E-state index contributed by atoms with van der Waals surface area (Å²) in [4.78, 5) is 28.0. The highest BCUT2D eigenvalue weighted by molar-refractivity contribution is 7.10. The molecule has 0 bridgehead atoms. The fourth-order valence-electron chi connectivity index (χ4n) is 3.98. The highest BCUT2D eigenvalue weighted by Gasteiger charge is 2.32. The summed E-state index contributed by atoms with van der Waals surface area (Å²) in [6, 6.07) is 19.8. The molecule has 0 saturated carbocycles. The lowest BCUT2D eigenvalue weighted by atomic mass is 10.0. The van der Waals surface area contributed by atoms with Crippen LogP contribution in [0, 0.1) is 0 Å². The van der Waals surface area contributed by atoms with Gasteiger partial charge in [0.25, 0.3) is 0 Å². The monoisotopic (exact) mass is 435 g/mol. The van der Waals surface area contributed by atoms with Crippen molar-refractivity contribution in [3.63, 3.8) is 0 Å². The van der Waals surface area contributed by atoms with Crippen LogP contribution in [0.2, 0.25) is 0 Å². The molecule has 4 rings (SSSR count). The summed E-state index contributed by atoms with van der Waals surface area (Å²) < 4.78 is 5.91.